The molecule has 0 spiro atoms. The van der Waals surface area contributed by atoms with E-state index in [1.54, 1.807) is 0 Å². The molecule has 7 atom stereocenters. The Morgan fingerprint density at radius 3 is 2.85 bits per heavy atom. The number of esters is 1. The number of hydrogen-bond donors (Lipinski definition) is 0. The van der Waals surface area contributed by atoms with Crippen LogP contribution in [0.5, 0.6) is 0 Å². The molecule has 0 aromatic rings. The van der Waals surface area contributed by atoms with Crippen molar-refractivity contribution >= 4 is 11.8 Å². The van der Waals surface area contributed by atoms with Crippen LogP contribution < -0.4 is 0 Å². The summed E-state index contributed by atoms with van der Waals surface area (Å²) in [5.74, 6) is 1.23. The highest BCUT2D eigenvalue weighted by Crippen LogP contribution is 2.57. The lowest BCUT2D eigenvalue weighted by Crippen LogP contribution is -2.50. The Morgan fingerprint density at radius 1 is 1.31 bits per heavy atom. The zero-order chi connectivity index (χ0) is 18.6. The van der Waals surface area contributed by atoms with E-state index >= 15 is 0 Å². The van der Waals surface area contributed by atoms with Crippen molar-refractivity contribution in [2.45, 2.75) is 71.4 Å². The van der Waals surface area contributed by atoms with Gasteiger partial charge in [-0.1, -0.05) is 26.0 Å². The molecular weight excluding hydrogens is 326 g/mol. The van der Waals surface area contributed by atoms with Gasteiger partial charge in [-0.3, -0.25) is 14.5 Å². The quantitative estimate of drug-likeness (QED) is 0.558. The topological polar surface area (TPSA) is 46.6 Å². The van der Waals surface area contributed by atoms with E-state index in [1.165, 1.54) is 18.4 Å². The highest BCUT2D eigenvalue weighted by molar-refractivity contribution is 5.82. The molecule has 2 saturated carbocycles. The smallest absolute Gasteiger partial charge is 0.310 e. The van der Waals surface area contributed by atoms with Gasteiger partial charge in [0.2, 0.25) is 0 Å². The van der Waals surface area contributed by atoms with Gasteiger partial charge in [0.1, 0.15) is 11.9 Å². The Bertz CT molecular complexity index is 629. The number of ketones is 1. The molecule has 0 unspecified atom stereocenters. The van der Waals surface area contributed by atoms with Crippen molar-refractivity contribution in [2.24, 2.45) is 29.1 Å². The van der Waals surface area contributed by atoms with Crippen molar-refractivity contribution in [3.63, 3.8) is 0 Å². The first-order valence-electron chi connectivity index (χ1n) is 10.4. The maximum Gasteiger partial charge on any atom is 0.310 e. The van der Waals surface area contributed by atoms with Gasteiger partial charge in [0, 0.05) is 37.4 Å². The average Bonchev–Trinajstić information content (AvgIpc) is 2.85. The number of ether oxygens (including phenoxy) is 1. The van der Waals surface area contributed by atoms with Gasteiger partial charge >= 0.3 is 5.97 Å². The van der Waals surface area contributed by atoms with Crippen molar-refractivity contribution in [1.29, 1.82) is 0 Å². The minimum Gasteiger partial charge on any atom is -0.462 e. The number of carbonyl (C=O) groups excluding carboxylic acids is 2. The molecule has 2 aliphatic heterocycles. The van der Waals surface area contributed by atoms with E-state index in [9.17, 15) is 9.59 Å². The van der Waals surface area contributed by atoms with Crippen LogP contribution in [-0.4, -0.2) is 41.9 Å². The van der Waals surface area contributed by atoms with Gasteiger partial charge in [-0.25, -0.2) is 0 Å². The standard InChI is InChI=1S/C22H33NO3/c1-13-6-5-7-22(4)10-20-16(9-18(13)22)17(21(25)26-20)12-23-11-14(2)19(24)8-15(23)3/h14-18,20H,1,5-12H2,2-4H3/t14-,15+,16+,17+,18-,20+,22+/m0/s1. The predicted octanol–water partition coefficient (Wildman–Crippen LogP) is 3.60. The summed E-state index contributed by atoms with van der Waals surface area (Å²) in [6.45, 7) is 12.4. The summed E-state index contributed by atoms with van der Waals surface area (Å²) in [5.41, 5.74) is 1.64. The molecular formula is C22H33NO3. The number of rotatable bonds is 2. The second-order valence-electron chi connectivity index (χ2n) is 9.78. The second-order valence-corrected chi connectivity index (χ2v) is 9.78. The predicted molar refractivity (Wildman–Crippen MR) is 101 cm³/mol. The van der Waals surface area contributed by atoms with Crippen LogP contribution in [0, 0.1) is 29.1 Å². The van der Waals surface area contributed by atoms with E-state index in [2.05, 4.69) is 25.3 Å². The van der Waals surface area contributed by atoms with Gasteiger partial charge in [-0.15, -0.1) is 0 Å². The van der Waals surface area contributed by atoms with Gasteiger partial charge in [0.25, 0.3) is 0 Å². The number of hydrogen-bond acceptors (Lipinski definition) is 4. The molecule has 4 heteroatoms. The fraction of sp³-hybridized carbons (Fsp3) is 0.818. The van der Waals surface area contributed by atoms with E-state index in [4.69, 9.17) is 4.74 Å². The van der Waals surface area contributed by atoms with E-state index in [0.717, 1.165) is 32.4 Å². The molecule has 2 saturated heterocycles. The summed E-state index contributed by atoms with van der Waals surface area (Å²) >= 11 is 0. The summed E-state index contributed by atoms with van der Waals surface area (Å²) in [4.78, 5) is 27.1. The van der Waals surface area contributed by atoms with Crippen LogP contribution in [-0.2, 0) is 14.3 Å². The third-order valence-corrected chi connectivity index (χ3v) is 7.93. The third-order valence-electron chi connectivity index (χ3n) is 7.93. The number of nitrogens with zero attached hydrogens (tertiary/aromatic N) is 1. The van der Waals surface area contributed by atoms with E-state index in [-0.39, 0.29) is 35.4 Å². The largest absolute Gasteiger partial charge is 0.462 e. The first-order chi connectivity index (χ1) is 12.3. The van der Waals surface area contributed by atoms with Crippen LogP contribution in [0.1, 0.15) is 59.3 Å². The molecule has 4 fully saturated rings. The lowest BCUT2D eigenvalue weighted by Gasteiger charge is -2.50. The summed E-state index contributed by atoms with van der Waals surface area (Å²) < 4.78 is 5.89. The summed E-state index contributed by atoms with van der Waals surface area (Å²) in [5, 5.41) is 0. The zero-order valence-corrected chi connectivity index (χ0v) is 16.5. The Kier molecular flexibility index (Phi) is 4.53. The summed E-state index contributed by atoms with van der Waals surface area (Å²) in [7, 11) is 0. The first kappa shape index (κ1) is 18.2. The van der Waals surface area contributed by atoms with Crippen molar-refractivity contribution in [2.75, 3.05) is 13.1 Å². The van der Waals surface area contributed by atoms with Crippen molar-refractivity contribution < 1.29 is 14.3 Å². The minimum atomic E-state index is -0.0397. The molecule has 144 valence electrons. The third kappa shape index (κ3) is 2.94. The fourth-order valence-electron chi connectivity index (χ4n) is 6.23. The number of allylic oxidation sites excluding steroid dienone is 1. The molecule has 2 aliphatic carbocycles. The van der Waals surface area contributed by atoms with Crippen LogP contribution >= 0.6 is 0 Å². The number of Topliss-reactive ketones (excluding diaryl/α,β-unsaturated/α-hetero) is 1. The molecule has 0 N–H and O–H groups in total. The van der Waals surface area contributed by atoms with Crippen LogP contribution in [0.25, 0.3) is 0 Å². The first-order valence-corrected chi connectivity index (χ1v) is 10.4. The monoisotopic (exact) mass is 359 g/mol. The Labute approximate surface area is 157 Å². The molecule has 4 nitrogen and oxygen atoms in total. The van der Waals surface area contributed by atoms with Crippen LogP contribution in [0.15, 0.2) is 12.2 Å². The molecule has 4 aliphatic rings. The molecule has 26 heavy (non-hydrogen) atoms. The van der Waals surface area contributed by atoms with Crippen molar-refractivity contribution in [3.8, 4) is 0 Å². The lowest BCUT2D eigenvalue weighted by molar-refractivity contribution is -0.146. The van der Waals surface area contributed by atoms with Crippen LogP contribution in [0.2, 0.25) is 0 Å². The Hall–Kier alpha value is -1.16. The minimum absolute atomic E-state index is 0.00962. The number of piperidine rings is 1. The van der Waals surface area contributed by atoms with Crippen LogP contribution in [0.3, 0.4) is 0 Å². The number of carbonyl (C=O) groups is 2. The van der Waals surface area contributed by atoms with Gasteiger partial charge in [0.05, 0.1) is 5.92 Å². The van der Waals surface area contributed by atoms with Gasteiger partial charge in [-0.05, 0) is 50.4 Å². The van der Waals surface area contributed by atoms with Crippen LogP contribution in [0.4, 0.5) is 0 Å². The van der Waals surface area contributed by atoms with Crippen molar-refractivity contribution in [1.82, 2.24) is 4.90 Å². The Morgan fingerprint density at radius 2 is 2.08 bits per heavy atom. The van der Waals surface area contributed by atoms with E-state index < -0.39 is 0 Å². The second kappa shape index (κ2) is 6.47. The molecule has 0 amide bonds. The van der Waals surface area contributed by atoms with Crippen molar-refractivity contribution in [3.05, 3.63) is 12.2 Å². The molecule has 0 aromatic carbocycles. The SMILES string of the molecule is C=C1CCC[C@]2(C)C[C@H]3OC(=O)[C@H](CN4C[C@H](C)C(=O)C[C@H]4C)[C@H]3C[C@@H]12. The van der Waals surface area contributed by atoms with Gasteiger partial charge in [-0.2, -0.15) is 0 Å². The molecule has 0 radical (unpaired) electrons. The molecule has 4 rings (SSSR count). The van der Waals surface area contributed by atoms with Gasteiger partial charge < -0.3 is 4.74 Å². The summed E-state index contributed by atoms with van der Waals surface area (Å²) in [6, 6.07) is 0.226. The van der Waals surface area contributed by atoms with E-state index in [0.29, 0.717) is 24.0 Å². The highest BCUT2D eigenvalue weighted by atomic mass is 16.6. The summed E-state index contributed by atoms with van der Waals surface area (Å²) in [6.07, 6.45) is 6.32. The molecule has 2 heterocycles. The maximum absolute atomic E-state index is 12.7. The highest BCUT2D eigenvalue weighted by Gasteiger charge is 2.55. The molecule has 0 bridgehead atoms. The molecule has 0 aromatic heterocycles. The number of likely N-dealkylation sites (tertiary alicyclic amines) is 1. The average molecular weight is 360 g/mol. The Balaban J connectivity index is 1.51. The number of fused-ring (bicyclic) bond motifs is 2. The van der Waals surface area contributed by atoms with Gasteiger partial charge in [0.15, 0.2) is 0 Å². The lowest BCUT2D eigenvalue weighted by atomic mass is 9.55. The normalized spacial score (nSPS) is 46.7. The maximum atomic E-state index is 12.7. The fourth-order valence-corrected chi connectivity index (χ4v) is 6.23. The zero-order valence-electron chi connectivity index (χ0n) is 16.5. The van der Waals surface area contributed by atoms with E-state index in [1.807, 2.05) is 6.92 Å².